The Kier molecular flexibility index (Phi) is 6.09. The fourth-order valence-electron chi connectivity index (χ4n) is 2.78. The lowest BCUT2D eigenvalue weighted by Crippen LogP contribution is -2.46. The van der Waals surface area contributed by atoms with Gasteiger partial charge < -0.3 is 15.4 Å². The van der Waals surface area contributed by atoms with Gasteiger partial charge in [-0.15, -0.1) is 0 Å². The van der Waals surface area contributed by atoms with E-state index < -0.39 is 5.54 Å². The van der Waals surface area contributed by atoms with E-state index in [1.807, 2.05) is 0 Å². The number of nitrogens with two attached hydrogens (primary N) is 1. The van der Waals surface area contributed by atoms with Crippen LogP contribution in [-0.4, -0.2) is 43.7 Å². The van der Waals surface area contributed by atoms with Gasteiger partial charge in [-0.1, -0.05) is 12.8 Å². The number of rotatable bonds is 7. The molecule has 1 aliphatic rings. The monoisotopic (exact) mass is 256 g/mol. The molecule has 1 aliphatic carbocycles. The van der Waals surface area contributed by atoms with Crippen LogP contribution in [0.4, 0.5) is 0 Å². The summed E-state index contributed by atoms with van der Waals surface area (Å²) in [6.07, 6.45) is 7.14. The maximum atomic E-state index is 11.4. The summed E-state index contributed by atoms with van der Waals surface area (Å²) in [5.74, 6) is 0.556. The number of carbonyl (C=O) groups is 1. The number of carbonyl (C=O) groups excluding carboxylic acids is 1. The Hall–Kier alpha value is -0.610. The van der Waals surface area contributed by atoms with Gasteiger partial charge in [0.25, 0.3) is 0 Å². The highest BCUT2D eigenvalue weighted by molar-refractivity contribution is 5.79. The van der Waals surface area contributed by atoms with Gasteiger partial charge in [0.2, 0.25) is 0 Å². The Balaban J connectivity index is 2.18. The molecule has 1 fully saturated rings. The molecule has 0 bridgehead atoms. The Labute approximate surface area is 111 Å². The molecule has 1 unspecified atom stereocenters. The van der Waals surface area contributed by atoms with Crippen LogP contribution in [0.2, 0.25) is 0 Å². The zero-order chi connectivity index (χ0) is 13.6. The molecule has 0 aromatic rings. The van der Waals surface area contributed by atoms with Crippen LogP contribution in [-0.2, 0) is 9.53 Å². The molecular weight excluding hydrogens is 228 g/mol. The van der Waals surface area contributed by atoms with Crippen LogP contribution in [0.25, 0.3) is 0 Å². The lowest BCUT2D eigenvalue weighted by atomic mass is 9.97. The van der Waals surface area contributed by atoms with Crippen molar-refractivity contribution in [2.45, 2.75) is 51.0 Å². The third-order valence-corrected chi connectivity index (χ3v) is 3.93. The zero-order valence-electron chi connectivity index (χ0n) is 12.1. The molecule has 0 aromatic carbocycles. The minimum absolute atomic E-state index is 0.319. The average Bonchev–Trinajstić information content (AvgIpc) is 2.80. The summed E-state index contributed by atoms with van der Waals surface area (Å²) in [6.45, 7) is 3.93. The summed E-state index contributed by atoms with van der Waals surface area (Å²) in [5, 5.41) is 0. The lowest BCUT2D eigenvalue weighted by molar-refractivity contribution is -0.146. The molecular formula is C14H28N2O2. The van der Waals surface area contributed by atoms with E-state index in [4.69, 9.17) is 10.5 Å². The summed E-state index contributed by atoms with van der Waals surface area (Å²) in [5.41, 5.74) is 5.08. The van der Waals surface area contributed by atoms with E-state index in [1.54, 1.807) is 6.92 Å². The summed E-state index contributed by atoms with van der Waals surface area (Å²) in [6, 6.07) is 0. The molecule has 0 saturated heterocycles. The lowest BCUT2D eigenvalue weighted by Gasteiger charge is -2.24. The molecule has 0 spiro atoms. The van der Waals surface area contributed by atoms with Gasteiger partial charge >= 0.3 is 5.97 Å². The first-order valence-corrected chi connectivity index (χ1v) is 7.01. The first kappa shape index (κ1) is 15.4. The molecule has 0 heterocycles. The van der Waals surface area contributed by atoms with Gasteiger partial charge in [-0.25, -0.2) is 0 Å². The van der Waals surface area contributed by atoms with Crippen LogP contribution in [0.5, 0.6) is 0 Å². The van der Waals surface area contributed by atoms with Crippen LogP contribution in [0.3, 0.4) is 0 Å². The summed E-state index contributed by atoms with van der Waals surface area (Å²) < 4.78 is 4.70. The molecule has 0 radical (unpaired) electrons. The maximum Gasteiger partial charge on any atom is 0.325 e. The molecule has 106 valence electrons. The molecule has 0 aromatic heterocycles. The van der Waals surface area contributed by atoms with Gasteiger partial charge in [-0.2, -0.15) is 0 Å². The second-order valence-electron chi connectivity index (χ2n) is 5.93. The van der Waals surface area contributed by atoms with E-state index in [-0.39, 0.29) is 5.97 Å². The number of methoxy groups -OCH3 is 1. The Morgan fingerprint density at radius 2 is 2.06 bits per heavy atom. The van der Waals surface area contributed by atoms with Gasteiger partial charge in [0.1, 0.15) is 5.54 Å². The van der Waals surface area contributed by atoms with Crippen LogP contribution >= 0.6 is 0 Å². The molecule has 18 heavy (non-hydrogen) atoms. The van der Waals surface area contributed by atoms with Crippen molar-refractivity contribution in [3.63, 3.8) is 0 Å². The quantitative estimate of drug-likeness (QED) is 0.705. The smallest absolute Gasteiger partial charge is 0.325 e. The average molecular weight is 256 g/mol. The predicted octanol–water partition coefficient (Wildman–Crippen LogP) is 1.78. The summed E-state index contributed by atoms with van der Waals surface area (Å²) >= 11 is 0. The molecule has 0 amide bonds. The van der Waals surface area contributed by atoms with E-state index >= 15 is 0 Å². The number of hydrogen-bond donors (Lipinski definition) is 1. The third-order valence-electron chi connectivity index (χ3n) is 3.93. The fourth-order valence-corrected chi connectivity index (χ4v) is 2.78. The van der Waals surface area contributed by atoms with Crippen molar-refractivity contribution in [3.8, 4) is 0 Å². The standard InChI is InChI=1S/C14H28N2O2/c1-14(15,13(17)18-3)9-6-10-16(2)11-12-7-4-5-8-12/h12H,4-11,15H2,1-3H3. The van der Waals surface area contributed by atoms with Crippen molar-refractivity contribution in [3.05, 3.63) is 0 Å². The predicted molar refractivity (Wildman–Crippen MR) is 73.3 cm³/mol. The summed E-state index contributed by atoms with van der Waals surface area (Å²) in [7, 11) is 3.55. The minimum Gasteiger partial charge on any atom is -0.468 e. The van der Waals surface area contributed by atoms with Gasteiger partial charge in [-0.05, 0) is 52.1 Å². The molecule has 1 saturated carbocycles. The van der Waals surface area contributed by atoms with Crippen LogP contribution in [0, 0.1) is 5.92 Å². The molecule has 1 rings (SSSR count). The van der Waals surface area contributed by atoms with Gasteiger partial charge in [0.15, 0.2) is 0 Å². The van der Waals surface area contributed by atoms with Crippen molar-refractivity contribution in [2.24, 2.45) is 11.7 Å². The Morgan fingerprint density at radius 1 is 1.44 bits per heavy atom. The van der Waals surface area contributed by atoms with E-state index in [0.717, 1.165) is 18.9 Å². The van der Waals surface area contributed by atoms with E-state index in [1.165, 1.54) is 39.3 Å². The Morgan fingerprint density at radius 3 is 2.61 bits per heavy atom. The van der Waals surface area contributed by atoms with E-state index in [0.29, 0.717) is 6.42 Å². The minimum atomic E-state index is -0.844. The second-order valence-corrected chi connectivity index (χ2v) is 5.93. The second kappa shape index (κ2) is 7.10. The molecule has 4 heteroatoms. The largest absolute Gasteiger partial charge is 0.468 e. The SMILES string of the molecule is COC(=O)C(C)(N)CCCN(C)CC1CCCC1. The highest BCUT2D eigenvalue weighted by atomic mass is 16.5. The van der Waals surface area contributed by atoms with Gasteiger partial charge in [0.05, 0.1) is 7.11 Å². The van der Waals surface area contributed by atoms with Crippen molar-refractivity contribution in [1.82, 2.24) is 4.90 Å². The van der Waals surface area contributed by atoms with Crippen molar-refractivity contribution >= 4 is 5.97 Å². The van der Waals surface area contributed by atoms with Crippen molar-refractivity contribution < 1.29 is 9.53 Å². The number of ether oxygens (including phenoxy) is 1. The highest BCUT2D eigenvalue weighted by Gasteiger charge is 2.28. The van der Waals surface area contributed by atoms with Crippen molar-refractivity contribution in [2.75, 3.05) is 27.2 Å². The molecule has 1 atom stereocenters. The normalized spacial score (nSPS) is 20.1. The zero-order valence-corrected chi connectivity index (χ0v) is 12.1. The number of nitrogens with zero attached hydrogens (tertiary/aromatic N) is 1. The van der Waals surface area contributed by atoms with Crippen LogP contribution < -0.4 is 5.73 Å². The summed E-state index contributed by atoms with van der Waals surface area (Å²) in [4.78, 5) is 13.8. The first-order chi connectivity index (χ1) is 8.45. The van der Waals surface area contributed by atoms with Crippen molar-refractivity contribution in [1.29, 1.82) is 0 Å². The maximum absolute atomic E-state index is 11.4. The number of esters is 1. The third kappa shape index (κ3) is 4.94. The first-order valence-electron chi connectivity index (χ1n) is 7.01. The highest BCUT2D eigenvalue weighted by Crippen LogP contribution is 2.25. The van der Waals surface area contributed by atoms with E-state index in [9.17, 15) is 4.79 Å². The molecule has 0 aliphatic heterocycles. The molecule has 2 N–H and O–H groups in total. The fraction of sp³-hybridized carbons (Fsp3) is 0.929. The Bertz CT molecular complexity index is 261. The van der Waals surface area contributed by atoms with Crippen LogP contribution in [0.1, 0.15) is 45.4 Å². The number of hydrogen-bond acceptors (Lipinski definition) is 4. The van der Waals surface area contributed by atoms with E-state index in [2.05, 4.69) is 11.9 Å². The van der Waals surface area contributed by atoms with Gasteiger partial charge in [-0.3, -0.25) is 4.79 Å². The van der Waals surface area contributed by atoms with Crippen LogP contribution in [0.15, 0.2) is 0 Å². The van der Waals surface area contributed by atoms with Gasteiger partial charge in [0, 0.05) is 6.54 Å². The molecule has 4 nitrogen and oxygen atoms in total. The topological polar surface area (TPSA) is 55.6 Å².